The van der Waals surface area contributed by atoms with Crippen LogP contribution in [0.2, 0.25) is 0 Å². The number of methoxy groups -OCH3 is 1. The zero-order valence-electron chi connectivity index (χ0n) is 11.5. The third-order valence-corrected chi connectivity index (χ3v) is 2.88. The maximum atomic E-state index is 11.8. The summed E-state index contributed by atoms with van der Waals surface area (Å²) in [5.41, 5.74) is 0.734. The van der Waals surface area contributed by atoms with E-state index < -0.39 is 12.0 Å². The standard InChI is InChI=1S/C15H21NO3/c1-3-4-6-11-13(17)16-14(15(18)19-2)12-9-7-5-8-10-12/h5,7-10,14H,3-4,6,11H2,1-2H3,(H,16,17). The summed E-state index contributed by atoms with van der Waals surface area (Å²) in [6, 6.07) is 8.39. The van der Waals surface area contributed by atoms with Gasteiger partial charge < -0.3 is 10.1 Å². The zero-order chi connectivity index (χ0) is 14.1. The first-order chi connectivity index (χ1) is 9.19. The van der Waals surface area contributed by atoms with E-state index in [0.29, 0.717) is 6.42 Å². The molecule has 0 saturated carbocycles. The minimum atomic E-state index is -0.722. The van der Waals surface area contributed by atoms with E-state index in [2.05, 4.69) is 12.2 Å². The molecule has 0 spiro atoms. The molecular weight excluding hydrogens is 242 g/mol. The summed E-state index contributed by atoms with van der Waals surface area (Å²) in [4.78, 5) is 23.5. The quantitative estimate of drug-likeness (QED) is 0.607. The number of hydrogen-bond acceptors (Lipinski definition) is 3. The fourth-order valence-corrected chi connectivity index (χ4v) is 1.81. The van der Waals surface area contributed by atoms with Crippen molar-refractivity contribution in [3.63, 3.8) is 0 Å². The molecule has 0 bridgehead atoms. The SMILES string of the molecule is CCCCCC(=O)NC(C(=O)OC)c1ccccc1. The van der Waals surface area contributed by atoms with Crippen LogP contribution in [0.15, 0.2) is 30.3 Å². The number of ether oxygens (including phenoxy) is 1. The van der Waals surface area contributed by atoms with Gasteiger partial charge >= 0.3 is 5.97 Å². The third-order valence-electron chi connectivity index (χ3n) is 2.88. The molecule has 1 unspecified atom stereocenters. The van der Waals surface area contributed by atoms with Crippen LogP contribution < -0.4 is 5.32 Å². The number of carbonyl (C=O) groups is 2. The number of amides is 1. The molecule has 0 aliphatic heterocycles. The molecule has 104 valence electrons. The molecule has 19 heavy (non-hydrogen) atoms. The summed E-state index contributed by atoms with van der Waals surface area (Å²) < 4.78 is 4.74. The van der Waals surface area contributed by atoms with Crippen molar-refractivity contribution < 1.29 is 14.3 Å². The van der Waals surface area contributed by atoms with Crippen molar-refractivity contribution >= 4 is 11.9 Å². The van der Waals surface area contributed by atoms with Crippen molar-refractivity contribution in [1.29, 1.82) is 0 Å². The second-order valence-corrected chi connectivity index (χ2v) is 4.39. The third kappa shape index (κ3) is 5.12. The highest BCUT2D eigenvalue weighted by atomic mass is 16.5. The lowest BCUT2D eigenvalue weighted by atomic mass is 10.1. The maximum absolute atomic E-state index is 11.8. The normalized spacial score (nSPS) is 11.7. The van der Waals surface area contributed by atoms with Crippen LogP contribution in [0.1, 0.15) is 44.2 Å². The average molecular weight is 263 g/mol. The number of hydrogen-bond donors (Lipinski definition) is 1. The van der Waals surface area contributed by atoms with Crippen LogP contribution >= 0.6 is 0 Å². The molecular formula is C15H21NO3. The predicted molar refractivity (Wildman–Crippen MR) is 73.5 cm³/mol. The van der Waals surface area contributed by atoms with E-state index in [1.54, 1.807) is 12.1 Å². The second-order valence-electron chi connectivity index (χ2n) is 4.39. The monoisotopic (exact) mass is 263 g/mol. The van der Waals surface area contributed by atoms with Crippen molar-refractivity contribution in [2.75, 3.05) is 7.11 Å². The first kappa shape index (κ1) is 15.2. The van der Waals surface area contributed by atoms with E-state index in [4.69, 9.17) is 4.74 Å². The number of rotatable bonds is 7. The Labute approximate surface area is 114 Å². The second kappa shape index (κ2) is 8.29. The Morgan fingerprint density at radius 2 is 1.89 bits per heavy atom. The van der Waals surface area contributed by atoms with Gasteiger partial charge in [0.05, 0.1) is 7.11 Å². The minimum absolute atomic E-state index is 0.118. The van der Waals surface area contributed by atoms with Crippen LogP contribution in [-0.2, 0) is 14.3 Å². The molecule has 0 radical (unpaired) electrons. The van der Waals surface area contributed by atoms with Gasteiger partial charge in [-0.1, -0.05) is 50.1 Å². The van der Waals surface area contributed by atoms with Gasteiger partial charge in [0.25, 0.3) is 0 Å². The number of nitrogens with one attached hydrogen (secondary N) is 1. The van der Waals surface area contributed by atoms with E-state index in [1.165, 1.54) is 7.11 Å². The Balaban J connectivity index is 2.66. The van der Waals surface area contributed by atoms with E-state index >= 15 is 0 Å². The Kier molecular flexibility index (Phi) is 6.64. The Hall–Kier alpha value is -1.84. The van der Waals surface area contributed by atoms with Crippen LogP contribution in [0.3, 0.4) is 0 Å². The van der Waals surface area contributed by atoms with E-state index in [0.717, 1.165) is 24.8 Å². The predicted octanol–water partition coefficient (Wildman–Crippen LogP) is 2.60. The molecule has 1 rings (SSSR count). The van der Waals surface area contributed by atoms with Crippen molar-refractivity contribution in [3.8, 4) is 0 Å². The van der Waals surface area contributed by atoms with Gasteiger partial charge in [-0.3, -0.25) is 4.79 Å². The van der Waals surface area contributed by atoms with Crippen molar-refractivity contribution in [2.45, 2.75) is 38.6 Å². The smallest absolute Gasteiger partial charge is 0.333 e. The van der Waals surface area contributed by atoms with E-state index in [-0.39, 0.29) is 5.91 Å². The van der Waals surface area contributed by atoms with Crippen LogP contribution in [0.4, 0.5) is 0 Å². The summed E-state index contributed by atoms with van der Waals surface area (Å²) in [6.07, 6.45) is 3.35. The molecule has 0 saturated heterocycles. The lowest BCUT2D eigenvalue weighted by Crippen LogP contribution is -2.34. The van der Waals surface area contributed by atoms with Crippen molar-refractivity contribution in [3.05, 3.63) is 35.9 Å². The summed E-state index contributed by atoms with van der Waals surface area (Å²) in [7, 11) is 1.32. The summed E-state index contributed by atoms with van der Waals surface area (Å²) in [6.45, 7) is 2.08. The van der Waals surface area contributed by atoms with Crippen molar-refractivity contribution in [1.82, 2.24) is 5.32 Å². The van der Waals surface area contributed by atoms with Gasteiger partial charge in [0.1, 0.15) is 0 Å². The van der Waals surface area contributed by atoms with Gasteiger partial charge in [-0.15, -0.1) is 0 Å². The fraction of sp³-hybridized carbons (Fsp3) is 0.467. The summed E-state index contributed by atoms with van der Waals surface area (Å²) in [5.74, 6) is -0.567. The summed E-state index contributed by atoms with van der Waals surface area (Å²) in [5, 5.41) is 2.73. The average Bonchev–Trinajstić information content (AvgIpc) is 2.45. The van der Waals surface area contributed by atoms with Crippen LogP contribution in [0, 0.1) is 0 Å². The summed E-state index contributed by atoms with van der Waals surface area (Å²) >= 11 is 0. The lowest BCUT2D eigenvalue weighted by molar-refractivity contribution is -0.145. The minimum Gasteiger partial charge on any atom is -0.467 e. The molecule has 4 heteroatoms. The van der Waals surface area contributed by atoms with E-state index in [1.807, 2.05) is 18.2 Å². The van der Waals surface area contributed by atoms with Gasteiger partial charge in [0.2, 0.25) is 5.91 Å². The molecule has 0 aromatic heterocycles. The fourth-order valence-electron chi connectivity index (χ4n) is 1.81. The Bertz CT molecular complexity index is 403. The number of benzene rings is 1. The van der Waals surface area contributed by atoms with Gasteiger partial charge in [-0.2, -0.15) is 0 Å². The Morgan fingerprint density at radius 3 is 2.47 bits per heavy atom. The molecule has 1 amide bonds. The van der Waals surface area contributed by atoms with Gasteiger partial charge in [-0.05, 0) is 12.0 Å². The molecule has 0 heterocycles. The largest absolute Gasteiger partial charge is 0.467 e. The first-order valence-electron chi connectivity index (χ1n) is 6.61. The molecule has 0 fully saturated rings. The first-order valence-corrected chi connectivity index (χ1v) is 6.61. The topological polar surface area (TPSA) is 55.4 Å². The van der Waals surface area contributed by atoms with Crippen LogP contribution in [-0.4, -0.2) is 19.0 Å². The van der Waals surface area contributed by atoms with Gasteiger partial charge in [0.15, 0.2) is 6.04 Å². The molecule has 1 N–H and O–H groups in total. The highest BCUT2D eigenvalue weighted by Crippen LogP contribution is 2.14. The Morgan fingerprint density at radius 1 is 1.21 bits per heavy atom. The molecule has 1 aromatic rings. The number of esters is 1. The van der Waals surface area contributed by atoms with Crippen LogP contribution in [0.5, 0.6) is 0 Å². The zero-order valence-corrected chi connectivity index (χ0v) is 11.5. The maximum Gasteiger partial charge on any atom is 0.333 e. The van der Waals surface area contributed by atoms with Crippen LogP contribution in [0.25, 0.3) is 0 Å². The molecule has 0 aliphatic rings. The molecule has 4 nitrogen and oxygen atoms in total. The number of unbranched alkanes of at least 4 members (excludes halogenated alkanes) is 2. The highest BCUT2D eigenvalue weighted by molar-refractivity contribution is 5.85. The molecule has 0 aliphatic carbocycles. The van der Waals surface area contributed by atoms with E-state index in [9.17, 15) is 9.59 Å². The van der Waals surface area contributed by atoms with Gasteiger partial charge in [-0.25, -0.2) is 4.79 Å². The molecule has 1 aromatic carbocycles. The van der Waals surface area contributed by atoms with Crippen molar-refractivity contribution in [2.24, 2.45) is 0 Å². The lowest BCUT2D eigenvalue weighted by Gasteiger charge is -2.16. The molecule has 1 atom stereocenters. The van der Waals surface area contributed by atoms with Gasteiger partial charge in [0, 0.05) is 6.42 Å². The number of carbonyl (C=O) groups excluding carboxylic acids is 2. The highest BCUT2D eigenvalue weighted by Gasteiger charge is 2.22.